The van der Waals surface area contributed by atoms with Crippen molar-refractivity contribution in [3.63, 3.8) is 0 Å². The number of likely N-dealkylation sites (N-methyl/N-ethyl adjacent to an activating group) is 1. The summed E-state index contributed by atoms with van der Waals surface area (Å²) in [6.45, 7) is 1.16. The van der Waals surface area contributed by atoms with Gasteiger partial charge in [-0.3, -0.25) is 19.2 Å². The van der Waals surface area contributed by atoms with Crippen LogP contribution in [0.2, 0.25) is 0 Å². The lowest BCUT2D eigenvalue weighted by atomic mass is 10.0. The van der Waals surface area contributed by atoms with E-state index >= 15 is 0 Å². The molecule has 0 bridgehead atoms. The van der Waals surface area contributed by atoms with E-state index in [-0.39, 0.29) is 24.4 Å². The molecule has 0 saturated carbocycles. The van der Waals surface area contributed by atoms with Crippen molar-refractivity contribution in [3.05, 3.63) is 102 Å². The zero-order valence-corrected chi connectivity index (χ0v) is 24.6. The second-order valence-corrected chi connectivity index (χ2v) is 10.7. The third-order valence-corrected chi connectivity index (χ3v) is 7.51. The molecule has 1 aliphatic heterocycles. The fraction of sp³-hybridized carbons (Fsp3) is 0.353. The molecule has 3 aromatic rings. The minimum absolute atomic E-state index is 0.231. The monoisotopic (exact) mass is 584 g/mol. The van der Waals surface area contributed by atoms with Gasteiger partial charge in [-0.2, -0.15) is 0 Å². The fourth-order valence-corrected chi connectivity index (χ4v) is 4.96. The predicted octanol–water partition coefficient (Wildman–Crippen LogP) is 3.63. The summed E-state index contributed by atoms with van der Waals surface area (Å²) in [5.41, 5.74) is 2.07. The van der Waals surface area contributed by atoms with Crippen LogP contribution in [-0.2, 0) is 27.3 Å². The van der Waals surface area contributed by atoms with E-state index in [4.69, 9.17) is 4.74 Å². The number of hydrogen-bond donors (Lipinski definition) is 3. The molecule has 43 heavy (non-hydrogen) atoms. The number of hydrogen-bond acceptors (Lipinski definition) is 5. The maximum atomic E-state index is 13.7. The number of nitrogens with one attached hydrogen (secondary N) is 3. The van der Waals surface area contributed by atoms with Crippen molar-refractivity contribution in [1.82, 2.24) is 20.9 Å². The summed E-state index contributed by atoms with van der Waals surface area (Å²) < 4.78 is 5.92. The third kappa shape index (κ3) is 9.43. The van der Waals surface area contributed by atoms with Crippen LogP contribution in [0.15, 0.2) is 84.9 Å². The second kappa shape index (κ2) is 16.1. The molecular formula is C34H40N4O5. The van der Waals surface area contributed by atoms with Crippen molar-refractivity contribution < 1.29 is 23.9 Å². The molecule has 0 aliphatic carbocycles. The Morgan fingerprint density at radius 3 is 2.26 bits per heavy atom. The Balaban J connectivity index is 1.60. The molecule has 1 heterocycles. The van der Waals surface area contributed by atoms with Gasteiger partial charge in [0.25, 0.3) is 5.91 Å². The zero-order valence-electron chi connectivity index (χ0n) is 24.6. The van der Waals surface area contributed by atoms with E-state index in [9.17, 15) is 19.2 Å². The number of ether oxygens (including phenoxy) is 1. The molecule has 0 saturated heterocycles. The smallest absolute Gasteiger partial charge is 0.255 e. The Hall–Kier alpha value is -4.66. The minimum atomic E-state index is -1.18. The highest BCUT2D eigenvalue weighted by Crippen LogP contribution is 2.19. The van der Waals surface area contributed by atoms with Gasteiger partial charge in [0, 0.05) is 26.6 Å². The third-order valence-electron chi connectivity index (χ3n) is 7.51. The van der Waals surface area contributed by atoms with Gasteiger partial charge in [0.1, 0.15) is 17.8 Å². The zero-order chi connectivity index (χ0) is 30.4. The van der Waals surface area contributed by atoms with Crippen molar-refractivity contribution in [3.8, 4) is 5.75 Å². The summed E-state index contributed by atoms with van der Waals surface area (Å²) in [6, 6.07) is 23.8. The Bertz CT molecular complexity index is 1370. The van der Waals surface area contributed by atoms with Crippen LogP contribution in [0.25, 0.3) is 0 Å². The number of fused-ring (bicyclic) bond motifs is 1. The number of carbonyl (C=O) groups excluding carboxylic acids is 4. The summed E-state index contributed by atoms with van der Waals surface area (Å²) >= 11 is 0. The largest absolute Gasteiger partial charge is 0.493 e. The maximum Gasteiger partial charge on any atom is 0.255 e. The summed E-state index contributed by atoms with van der Waals surface area (Å²) in [5.74, 6) is -1.31. The Labute approximate surface area is 253 Å². The van der Waals surface area contributed by atoms with Gasteiger partial charge in [-0.15, -0.1) is 0 Å². The molecule has 9 nitrogen and oxygen atoms in total. The van der Waals surface area contributed by atoms with E-state index in [0.717, 1.165) is 36.8 Å². The van der Waals surface area contributed by atoms with Crippen LogP contribution in [-0.4, -0.2) is 60.8 Å². The first-order valence-electron chi connectivity index (χ1n) is 14.8. The minimum Gasteiger partial charge on any atom is -0.493 e. The lowest BCUT2D eigenvalue weighted by Gasteiger charge is -2.29. The molecule has 1 aliphatic rings. The number of rotatable bonds is 5. The number of benzene rings is 3. The maximum absolute atomic E-state index is 13.7. The summed E-state index contributed by atoms with van der Waals surface area (Å²) in [6.07, 6.45) is 3.39. The van der Waals surface area contributed by atoms with Gasteiger partial charge in [0.2, 0.25) is 17.7 Å². The van der Waals surface area contributed by atoms with E-state index < -0.39 is 29.8 Å². The molecule has 0 unspecified atom stereocenters. The van der Waals surface area contributed by atoms with Crippen LogP contribution in [0.1, 0.15) is 53.6 Å². The molecule has 9 heteroatoms. The Morgan fingerprint density at radius 2 is 1.51 bits per heavy atom. The molecule has 226 valence electrons. The van der Waals surface area contributed by atoms with Crippen LogP contribution in [0.4, 0.5) is 0 Å². The number of nitrogens with zero attached hydrogens (tertiary/aromatic N) is 1. The van der Waals surface area contributed by atoms with Crippen molar-refractivity contribution in [2.24, 2.45) is 0 Å². The van der Waals surface area contributed by atoms with Gasteiger partial charge in [-0.05, 0) is 36.1 Å². The quantitative estimate of drug-likeness (QED) is 0.424. The lowest BCUT2D eigenvalue weighted by Crippen LogP contribution is -2.53. The first kappa shape index (κ1) is 31.3. The van der Waals surface area contributed by atoms with Crippen molar-refractivity contribution >= 4 is 23.6 Å². The molecular weight excluding hydrogens is 544 g/mol. The first-order valence-corrected chi connectivity index (χ1v) is 14.8. The summed E-state index contributed by atoms with van der Waals surface area (Å²) in [7, 11) is 1.57. The molecule has 2 atom stereocenters. The summed E-state index contributed by atoms with van der Waals surface area (Å²) in [5, 5.41) is 8.59. The van der Waals surface area contributed by atoms with Crippen LogP contribution in [0, 0.1) is 0 Å². The van der Waals surface area contributed by atoms with Gasteiger partial charge in [-0.1, -0.05) is 85.6 Å². The first-order chi connectivity index (χ1) is 20.9. The highest BCUT2D eigenvalue weighted by Gasteiger charge is 2.32. The van der Waals surface area contributed by atoms with Crippen molar-refractivity contribution in [1.29, 1.82) is 0 Å². The molecule has 0 aromatic heterocycles. The lowest BCUT2D eigenvalue weighted by molar-refractivity contribution is -0.140. The molecule has 4 amide bonds. The topological polar surface area (TPSA) is 117 Å². The van der Waals surface area contributed by atoms with Gasteiger partial charge in [0.15, 0.2) is 0 Å². The predicted molar refractivity (Wildman–Crippen MR) is 164 cm³/mol. The fourth-order valence-electron chi connectivity index (χ4n) is 4.96. The van der Waals surface area contributed by atoms with Gasteiger partial charge in [0.05, 0.1) is 18.6 Å². The van der Waals surface area contributed by atoms with E-state index in [1.165, 1.54) is 4.90 Å². The van der Waals surface area contributed by atoms with Gasteiger partial charge in [-0.25, -0.2) is 0 Å². The average molecular weight is 585 g/mol. The number of para-hydroxylation sites is 1. The van der Waals surface area contributed by atoms with E-state index in [2.05, 4.69) is 16.0 Å². The molecule has 3 aromatic carbocycles. The molecule has 4 rings (SSSR count). The summed E-state index contributed by atoms with van der Waals surface area (Å²) in [4.78, 5) is 55.3. The SMILES string of the molecule is CN1C(=O)C[C@@H](C(=O)NCc2ccccc2)NC(=O)c2ccccc2OCCCCCCNC(=O)[C@@H]1Cc1ccccc1. The van der Waals surface area contributed by atoms with Gasteiger partial charge < -0.3 is 25.6 Å². The van der Waals surface area contributed by atoms with Crippen LogP contribution >= 0.6 is 0 Å². The van der Waals surface area contributed by atoms with E-state index in [0.29, 0.717) is 25.3 Å². The molecule has 0 spiro atoms. The Kier molecular flexibility index (Phi) is 11.7. The highest BCUT2D eigenvalue weighted by atomic mass is 16.5. The number of amides is 4. The Morgan fingerprint density at radius 1 is 0.860 bits per heavy atom. The average Bonchev–Trinajstić information content (AvgIpc) is 3.03. The standard InChI is InChI=1S/C34H40N4O5/c1-38-29(22-25-14-6-4-7-15-25)34(42)35-20-12-2-3-13-21-43-30-19-11-10-18-27(30)32(40)37-28(23-31(38)39)33(41)36-24-26-16-8-5-9-17-26/h4-11,14-19,28-29H,2-3,12-13,20-24H2,1H3,(H,35,42)(H,36,41)(H,37,40)/t28-,29-/m0/s1. The normalized spacial score (nSPS) is 19.1. The van der Waals surface area contributed by atoms with E-state index in [1.807, 2.05) is 60.7 Å². The van der Waals surface area contributed by atoms with Crippen molar-refractivity contribution in [2.45, 2.75) is 57.2 Å². The van der Waals surface area contributed by atoms with Crippen LogP contribution in [0.3, 0.4) is 0 Å². The number of carbonyl (C=O) groups is 4. The van der Waals surface area contributed by atoms with E-state index in [1.54, 1.807) is 31.3 Å². The molecule has 0 fully saturated rings. The highest BCUT2D eigenvalue weighted by molar-refractivity contribution is 6.01. The van der Waals surface area contributed by atoms with Gasteiger partial charge >= 0.3 is 0 Å². The van der Waals surface area contributed by atoms with Crippen molar-refractivity contribution in [2.75, 3.05) is 20.2 Å². The second-order valence-electron chi connectivity index (χ2n) is 10.7. The molecule has 3 N–H and O–H groups in total. The molecule has 0 radical (unpaired) electrons. The van der Waals surface area contributed by atoms with Crippen LogP contribution < -0.4 is 20.7 Å². The van der Waals surface area contributed by atoms with Crippen LogP contribution in [0.5, 0.6) is 5.75 Å².